The second kappa shape index (κ2) is 6.84. The van der Waals surface area contributed by atoms with Crippen molar-refractivity contribution in [2.75, 3.05) is 0 Å². The molecule has 12 heteroatoms. The first kappa shape index (κ1) is 18.7. The highest BCUT2D eigenvalue weighted by Crippen LogP contribution is 2.41. The summed E-state index contributed by atoms with van der Waals surface area (Å²) in [5.74, 6) is -2.44. The van der Waals surface area contributed by atoms with Crippen molar-refractivity contribution < 1.29 is 43.8 Å². The van der Waals surface area contributed by atoms with Crippen molar-refractivity contribution in [3.05, 3.63) is 23.8 Å². The van der Waals surface area contributed by atoms with Crippen molar-refractivity contribution in [1.29, 1.82) is 0 Å². The van der Waals surface area contributed by atoms with Crippen LogP contribution in [-0.2, 0) is 15.8 Å². The predicted molar refractivity (Wildman–Crippen MR) is 74.8 cm³/mol. The minimum Gasteiger partial charge on any atom is -0.504 e. The second-order valence-corrected chi connectivity index (χ2v) is 5.92. The Kier molecular flexibility index (Phi) is 5.56. The van der Waals surface area contributed by atoms with Gasteiger partial charge in [-0.25, -0.2) is 14.8 Å². The maximum Gasteiger partial charge on any atom is 0.524 e. The summed E-state index contributed by atoms with van der Waals surface area (Å²) in [6.07, 6.45) is -1.72. The summed E-state index contributed by atoms with van der Waals surface area (Å²) in [4.78, 5) is 39.1. The molecular formula is C11H15N2O9P. The van der Waals surface area contributed by atoms with E-state index >= 15 is 0 Å². The van der Waals surface area contributed by atoms with Gasteiger partial charge in [-0.15, -0.1) is 0 Å². The molecule has 7 N–H and O–H groups in total. The molecule has 0 fully saturated rings. The zero-order valence-corrected chi connectivity index (χ0v) is 12.6. The number of phenols is 1. The minimum absolute atomic E-state index is 0.244. The Morgan fingerprint density at radius 3 is 2.35 bits per heavy atom. The lowest BCUT2D eigenvalue weighted by molar-refractivity contribution is -0.144. The number of aromatic hydroxyl groups is 1. The normalized spacial score (nSPS) is 13.9. The van der Waals surface area contributed by atoms with E-state index in [-0.39, 0.29) is 12.0 Å². The van der Waals surface area contributed by atoms with E-state index in [0.29, 0.717) is 0 Å². The average Bonchev–Trinajstić information content (AvgIpc) is 2.38. The average molecular weight is 350 g/mol. The number of benzene rings is 1. The van der Waals surface area contributed by atoms with Gasteiger partial charge in [-0.3, -0.25) is 20.0 Å². The van der Waals surface area contributed by atoms with E-state index in [9.17, 15) is 24.4 Å². The van der Waals surface area contributed by atoms with Crippen LogP contribution < -0.4 is 15.4 Å². The maximum absolute atomic E-state index is 11.3. The van der Waals surface area contributed by atoms with Crippen LogP contribution in [0.3, 0.4) is 0 Å². The largest absolute Gasteiger partial charge is 0.524 e. The Labute approximate surface area is 129 Å². The molecule has 1 amide bonds. The minimum atomic E-state index is -4.85. The third kappa shape index (κ3) is 5.75. The van der Waals surface area contributed by atoms with E-state index in [1.165, 1.54) is 13.0 Å². The smallest absolute Gasteiger partial charge is 0.504 e. The standard InChI is InChI=1S/C11H15N2O9P/c1-11(9(15)16,13-12-10(17)18)5-6-2-3-8(7(14)4-6)22-23(19,20)21/h2-4,12-14H,5H2,1H3,(H,15,16)(H,17,18)(H2,19,20,21). The van der Waals surface area contributed by atoms with Gasteiger partial charge in [0.1, 0.15) is 5.54 Å². The number of carboxylic acids is 1. The van der Waals surface area contributed by atoms with Gasteiger partial charge in [0.25, 0.3) is 0 Å². The van der Waals surface area contributed by atoms with Gasteiger partial charge in [-0.05, 0) is 24.6 Å². The van der Waals surface area contributed by atoms with Crippen molar-refractivity contribution >= 4 is 19.9 Å². The van der Waals surface area contributed by atoms with Gasteiger partial charge < -0.3 is 19.8 Å². The molecule has 1 aromatic carbocycles. The lowest BCUT2D eigenvalue weighted by Gasteiger charge is -2.26. The monoisotopic (exact) mass is 350 g/mol. The number of hydrazine groups is 1. The van der Waals surface area contributed by atoms with Crippen LogP contribution in [0.25, 0.3) is 0 Å². The first-order valence-electron chi connectivity index (χ1n) is 5.99. The number of hydrogen-bond donors (Lipinski definition) is 7. The molecule has 1 unspecified atom stereocenters. The number of phenolic OH excluding ortho intramolecular Hbond substituents is 1. The Bertz CT molecular complexity index is 659. The summed E-state index contributed by atoms with van der Waals surface area (Å²) in [6, 6.07) is 3.37. The lowest BCUT2D eigenvalue weighted by atomic mass is 9.93. The summed E-state index contributed by atoms with van der Waals surface area (Å²) in [6.45, 7) is 1.21. The van der Waals surface area contributed by atoms with E-state index in [0.717, 1.165) is 12.1 Å². The Morgan fingerprint density at radius 1 is 1.30 bits per heavy atom. The van der Waals surface area contributed by atoms with Crippen LogP contribution in [0.15, 0.2) is 18.2 Å². The fourth-order valence-electron chi connectivity index (χ4n) is 1.65. The number of phosphoric acid groups is 1. The molecule has 0 bridgehead atoms. The molecule has 0 saturated heterocycles. The van der Waals surface area contributed by atoms with Crippen molar-refractivity contribution in [2.24, 2.45) is 0 Å². The highest BCUT2D eigenvalue weighted by molar-refractivity contribution is 7.46. The van der Waals surface area contributed by atoms with Gasteiger partial charge in [0.15, 0.2) is 11.5 Å². The van der Waals surface area contributed by atoms with Crippen LogP contribution in [0.4, 0.5) is 4.79 Å². The van der Waals surface area contributed by atoms with Gasteiger partial charge in [0.05, 0.1) is 0 Å². The van der Waals surface area contributed by atoms with Crippen LogP contribution in [0.1, 0.15) is 12.5 Å². The fraction of sp³-hybridized carbons (Fsp3) is 0.273. The number of aliphatic carboxylic acids is 1. The van der Waals surface area contributed by atoms with Gasteiger partial charge >= 0.3 is 19.9 Å². The predicted octanol–water partition coefficient (Wildman–Crippen LogP) is 0.0217. The molecule has 128 valence electrons. The van der Waals surface area contributed by atoms with E-state index in [4.69, 9.17) is 14.9 Å². The van der Waals surface area contributed by atoms with E-state index in [1.54, 1.807) is 5.43 Å². The van der Waals surface area contributed by atoms with Gasteiger partial charge in [0.2, 0.25) is 0 Å². The van der Waals surface area contributed by atoms with Crippen LogP contribution >= 0.6 is 7.82 Å². The van der Waals surface area contributed by atoms with Crippen molar-refractivity contribution in [2.45, 2.75) is 18.9 Å². The van der Waals surface area contributed by atoms with Gasteiger partial charge in [-0.2, -0.15) is 0 Å². The van der Waals surface area contributed by atoms with Crippen LogP contribution in [0, 0.1) is 0 Å². The summed E-state index contributed by atoms with van der Waals surface area (Å²) in [5, 5.41) is 27.4. The van der Waals surface area contributed by atoms with Crippen molar-refractivity contribution in [1.82, 2.24) is 10.9 Å². The summed E-state index contributed by atoms with van der Waals surface area (Å²) >= 11 is 0. The van der Waals surface area contributed by atoms with E-state index in [2.05, 4.69) is 9.95 Å². The van der Waals surface area contributed by atoms with Gasteiger partial charge in [0, 0.05) is 6.42 Å². The molecule has 0 aliphatic heterocycles. The molecule has 0 heterocycles. The zero-order valence-electron chi connectivity index (χ0n) is 11.8. The molecule has 0 saturated carbocycles. The first-order valence-corrected chi connectivity index (χ1v) is 7.52. The van der Waals surface area contributed by atoms with Crippen LogP contribution in [0.2, 0.25) is 0 Å². The Balaban J connectivity index is 2.97. The lowest BCUT2D eigenvalue weighted by Crippen LogP contribution is -2.58. The maximum atomic E-state index is 11.3. The number of carbonyl (C=O) groups is 2. The van der Waals surface area contributed by atoms with Crippen molar-refractivity contribution in [3.8, 4) is 11.5 Å². The first-order chi connectivity index (χ1) is 10.4. The third-order valence-corrected chi connectivity index (χ3v) is 3.15. The Morgan fingerprint density at radius 2 is 1.91 bits per heavy atom. The summed E-state index contributed by atoms with van der Waals surface area (Å²) in [7, 11) is -4.85. The molecule has 11 nitrogen and oxygen atoms in total. The zero-order chi connectivity index (χ0) is 17.8. The molecule has 1 rings (SSSR count). The highest BCUT2D eigenvalue weighted by atomic mass is 31.2. The topological polar surface area (TPSA) is 186 Å². The Hall–Kier alpha value is -2.33. The van der Waals surface area contributed by atoms with Gasteiger partial charge in [-0.1, -0.05) is 6.07 Å². The second-order valence-electron chi connectivity index (χ2n) is 4.75. The molecule has 0 spiro atoms. The molecule has 0 aromatic heterocycles. The molecule has 1 aromatic rings. The molecule has 23 heavy (non-hydrogen) atoms. The molecule has 1 atom stereocenters. The van der Waals surface area contributed by atoms with Crippen LogP contribution in [0.5, 0.6) is 11.5 Å². The molecule has 0 radical (unpaired) electrons. The summed E-state index contributed by atoms with van der Waals surface area (Å²) in [5.41, 5.74) is 2.40. The van der Waals surface area contributed by atoms with Crippen molar-refractivity contribution in [3.63, 3.8) is 0 Å². The van der Waals surface area contributed by atoms with Crippen LogP contribution in [-0.4, -0.2) is 42.7 Å². The third-order valence-electron chi connectivity index (χ3n) is 2.72. The SMILES string of the molecule is CC(Cc1ccc(OP(=O)(O)O)c(O)c1)(NNC(=O)O)C(=O)O. The molecule has 0 aliphatic carbocycles. The van der Waals surface area contributed by atoms with E-state index in [1.807, 2.05) is 0 Å². The summed E-state index contributed by atoms with van der Waals surface area (Å²) < 4.78 is 15.0. The fourth-order valence-corrected chi connectivity index (χ4v) is 2.06. The highest BCUT2D eigenvalue weighted by Gasteiger charge is 2.34. The number of rotatable bonds is 7. The number of nitrogens with one attached hydrogen (secondary N) is 2. The molecule has 0 aliphatic rings. The number of amides is 1. The number of phosphoric ester groups is 1. The number of hydrogen-bond acceptors (Lipinski definition) is 6. The molecular weight excluding hydrogens is 335 g/mol. The van der Waals surface area contributed by atoms with E-state index < -0.39 is 36.9 Å². The number of carboxylic acid groups (broad SMARTS) is 2. The quantitative estimate of drug-likeness (QED) is 0.261.